The Bertz CT molecular complexity index is 291. The summed E-state index contributed by atoms with van der Waals surface area (Å²) in [5, 5.41) is 9.40. The van der Waals surface area contributed by atoms with Crippen LogP contribution in [-0.2, 0) is 0 Å². The van der Waals surface area contributed by atoms with Gasteiger partial charge in [0.25, 0.3) is 0 Å². The molecule has 72 valence electrons. The molecular formula is C9H10F2OS. The van der Waals surface area contributed by atoms with Crippen LogP contribution in [-0.4, -0.2) is 10.9 Å². The molecule has 0 bridgehead atoms. The SMILES string of the molecule is OC(CCS)c1ccc(F)c(F)c1. The number of rotatable bonds is 3. The first kappa shape index (κ1) is 10.5. The molecule has 1 aromatic rings. The number of aliphatic hydroxyl groups is 1. The minimum Gasteiger partial charge on any atom is -0.388 e. The lowest BCUT2D eigenvalue weighted by Gasteiger charge is -2.08. The van der Waals surface area contributed by atoms with E-state index in [1.807, 2.05) is 0 Å². The fraction of sp³-hybridized carbons (Fsp3) is 0.333. The molecule has 0 aromatic heterocycles. The molecule has 0 heterocycles. The second kappa shape index (κ2) is 4.58. The van der Waals surface area contributed by atoms with Gasteiger partial charge in [-0.1, -0.05) is 6.07 Å². The Kier molecular flexibility index (Phi) is 3.69. The monoisotopic (exact) mass is 204 g/mol. The van der Waals surface area contributed by atoms with E-state index in [1.54, 1.807) is 0 Å². The lowest BCUT2D eigenvalue weighted by atomic mass is 10.1. The molecule has 4 heteroatoms. The van der Waals surface area contributed by atoms with Crippen molar-refractivity contribution in [1.82, 2.24) is 0 Å². The second-order valence-corrected chi connectivity index (χ2v) is 3.15. The zero-order valence-electron chi connectivity index (χ0n) is 6.87. The minimum atomic E-state index is -0.935. The Morgan fingerprint density at radius 2 is 2.00 bits per heavy atom. The standard InChI is InChI=1S/C9H10F2OS/c10-7-2-1-6(5-8(7)11)9(12)3-4-13/h1-2,5,9,12-13H,3-4H2. The van der Waals surface area contributed by atoms with Crippen molar-refractivity contribution in [3.8, 4) is 0 Å². The summed E-state index contributed by atoms with van der Waals surface area (Å²) in [4.78, 5) is 0. The van der Waals surface area contributed by atoms with E-state index < -0.39 is 17.7 Å². The van der Waals surface area contributed by atoms with Gasteiger partial charge in [0, 0.05) is 0 Å². The van der Waals surface area contributed by atoms with Crippen molar-refractivity contribution < 1.29 is 13.9 Å². The highest BCUT2D eigenvalue weighted by molar-refractivity contribution is 7.80. The Hall–Kier alpha value is -0.610. The molecule has 1 N–H and O–H groups in total. The van der Waals surface area contributed by atoms with Gasteiger partial charge in [-0.2, -0.15) is 12.6 Å². The summed E-state index contributed by atoms with van der Waals surface area (Å²) >= 11 is 3.93. The van der Waals surface area contributed by atoms with Gasteiger partial charge in [-0.3, -0.25) is 0 Å². The highest BCUT2D eigenvalue weighted by Gasteiger charge is 2.09. The minimum absolute atomic E-state index is 0.382. The summed E-state index contributed by atoms with van der Waals surface area (Å²) in [6, 6.07) is 3.38. The highest BCUT2D eigenvalue weighted by atomic mass is 32.1. The van der Waals surface area contributed by atoms with Crippen molar-refractivity contribution in [2.75, 3.05) is 5.75 Å². The fourth-order valence-electron chi connectivity index (χ4n) is 1.01. The van der Waals surface area contributed by atoms with Crippen LogP contribution in [0, 0.1) is 11.6 Å². The largest absolute Gasteiger partial charge is 0.388 e. The molecule has 0 spiro atoms. The van der Waals surface area contributed by atoms with Crippen molar-refractivity contribution in [3.63, 3.8) is 0 Å². The predicted octanol–water partition coefficient (Wildman–Crippen LogP) is 2.32. The third-order valence-corrected chi connectivity index (χ3v) is 1.99. The van der Waals surface area contributed by atoms with Crippen molar-refractivity contribution in [2.45, 2.75) is 12.5 Å². The predicted molar refractivity (Wildman–Crippen MR) is 49.8 cm³/mol. The van der Waals surface area contributed by atoms with Gasteiger partial charge in [0.15, 0.2) is 11.6 Å². The van der Waals surface area contributed by atoms with Gasteiger partial charge in [0.2, 0.25) is 0 Å². The Morgan fingerprint density at radius 1 is 1.31 bits per heavy atom. The second-order valence-electron chi connectivity index (χ2n) is 2.70. The first-order chi connectivity index (χ1) is 6.15. The molecule has 1 unspecified atom stereocenters. The van der Waals surface area contributed by atoms with Crippen LogP contribution in [0.3, 0.4) is 0 Å². The van der Waals surface area contributed by atoms with Crippen molar-refractivity contribution in [3.05, 3.63) is 35.4 Å². The number of thiol groups is 1. The number of hydrogen-bond acceptors (Lipinski definition) is 2. The van der Waals surface area contributed by atoms with Gasteiger partial charge in [-0.05, 0) is 29.9 Å². The topological polar surface area (TPSA) is 20.2 Å². The van der Waals surface area contributed by atoms with E-state index in [2.05, 4.69) is 12.6 Å². The molecule has 1 nitrogen and oxygen atoms in total. The number of aliphatic hydroxyl groups excluding tert-OH is 1. The summed E-state index contributed by atoms with van der Waals surface area (Å²) < 4.78 is 25.2. The Morgan fingerprint density at radius 3 is 2.54 bits per heavy atom. The molecule has 13 heavy (non-hydrogen) atoms. The van der Waals surface area contributed by atoms with Gasteiger partial charge in [0.05, 0.1) is 6.10 Å². The zero-order chi connectivity index (χ0) is 9.84. The van der Waals surface area contributed by atoms with E-state index in [-0.39, 0.29) is 0 Å². The van der Waals surface area contributed by atoms with E-state index in [1.165, 1.54) is 6.07 Å². The Balaban J connectivity index is 2.84. The average Bonchev–Trinajstić information content (AvgIpc) is 2.10. The van der Waals surface area contributed by atoms with E-state index in [0.29, 0.717) is 17.7 Å². The van der Waals surface area contributed by atoms with Crippen LogP contribution in [0.1, 0.15) is 18.1 Å². The molecule has 0 saturated carbocycles. The highest BCUT2D eigenvalue weighted by Crippen LogP contribution is 2.19. The molecule has 0 radical (unpaired) electrons. The molecule has 0 aliphatic heterocycles. The smallest absolute Gasteiger partial charge is 0.159 e. The number of benzene rings is 1. The van der Waals surface area contributed by atoms with Crippen molar-refractivity contribution in [1.29, 1.82) is 0 Å². The fourth-order valence-corrected chi connectivity index (χ4v) is 1.25. The maximum absolute atomic E-state index is 12.7. The number of hydrogen-bond donors (Lipinski definition) is 2. The van der Waals surface area contributed by atoms with Gasteiger partial charge in [0.1, 0.15) is 0 Å². The maximum Gasteiger partial charge on any atom is 0.159 e. The summed E-state index contributed by atoms with van der Waals surface area (Å²) in [5.74, 6) is -1.34. The molecule has 0 fully saturated rings. The van der Waals surface area contributed by atoms with Crippen molar-refractivity contribution >= 4 is 12.6 Å². The third kappa shape index (κ3) is 2.67. The summed E-state index contributed by atoms with van der Waals surface area (Å²) in [7, 11) is 0. The number of halogens is 2. The van der Waals surface area contributed by atoms with E-state index in [4.69, 9.17) is 0 Å². The molecule has 1 rings (SSSR count). The van der Waals surface area contributed by atoms with E-state index >= 15 is 0 Å². The summed E-state index contributed by atoms with van der Waals surface area (Å²) in [5.41, 5.74) is 0.382. The molecule has 1 aromatic carbocycles. The zero-order valence-corrected chi connectivity index (χ0v) is 7.77. The van der Waals surface area contributed by atoms with Crippen LogP contribution in [0.25, 0.3) is 0 Å². The average molecular weight is 204 g/mol. The van der Waals surface area contributed by atoms with Gasteiger partial charge in [-0.15, -0.1) is 0 Å². The molecule has 0 amide bonds. The van der Waals surface area contributed by atoms with Crippen LogP contribution in [0.2, 0.25) is 0 Å². The summed E-state index contributed by atoms with van der Waals surface area (Å²) in [6.07, 6.45) is -0.346. The lowest BCUT2D eigenvalue weighted by Crippen LogP contribution is -1.99. The van der Waals surface area contributed by atoms with Crippen LogP contribution in [0.4, 0.5) is 8.78 Å². The molecular weight excluding hydrogens is 194 g/mol. The van der Waals surface area contributed by atoms with Gasteiger partial charge >= 0.3 is 0 Å². The summed E-state index contributed by atoms with van der Waals surface area (Å²) in [6.45, 7) is 0. The lowest BCUT2D eigenvalue weighted by molar-refractivity contribution is 0.174. The van der Waals surface area contributed by atoms with Crippen molar-refractivity contribution in [2.24, 2.45) is 0 Å². The third-order valence-electron chi connectivity index (χ3n) is 1.73. The van der Waals surface area contributed by atoms with Gasteiger partial charge in [-0.25, -0.2) is 8.78 Å². The van der Waals surface area contributed by atoms with Crippen LogP contribution >= 0.6 is 12.6 Å². The molecule has 0 saturated heterocycles. The molecule has 1 atom stereocenters. The maximum atomic E-state index is 12.7. The molecule has 0 aliphatic rings. The quantitative estimate of drug-likeness (QED) is 0.724. The first-order valence-corrected chi connectivity index (χ1v) is 4.52. The Labute approximate surface area is 80.8 Å². The normalized spacial score (nSPS) is 12.9. The molecule has 0 aliphatic carbocycles. The van der Waals surface area contributed by atoms with Gasteiger partial charge < -0.3 is 5.11 Å². The van der Waals surface area contributed by atoms with Crippen LogP contribution < -0.4 is 0 Å². The van der Waals surface area contributed by atoms with E-state index in [9.17, 15) is 13.9 Å². The van der Waals surface area contributed by atoms with Crippen LogP contribution in [0.5, 0.6) is 0 Å². The first-order valence-electron chi connectivity index (χ1n) is 3.89. The van der Waals surface area contributed by atoms with E-state index in [0.717, 1.165) is 12.1 Å². The van der Waals surface area contributed by atoms with Crippen LogP contribution in [0.15, 0.2) is 18.2 Å².